The molecule has 0 radical (unpaired) electrons. The maximum Gasteiger partial charge on any atom is 0.0673 e. The van der Waals surface area contributed by atoms with Gasteiger partial charge in [-0.3, -0.25) is 0 Å². The molecule has 0 amide bonds. The molecule has 3 heterocycles. The van der Waals surface area contributed by atoms with Crippen LogP contribution in [0.25, 0.3) is 0 Å². The molecule has 0 aliphatic carbocycles. The molecule has 3 aromatic rings. The van der Waals surface area contributed by atoms with Crippen LogP contribution in [0, 0.1) is 20.8 Å². The lowest BCUT2D eigenvalue weighted by molar-refractivity contribution is 1.57. The molecule has 0 atom stereocenters. The molecule has 0 spiro atoms. The average molecular weight is 355 g/mol. The van der Waals surface area contributed by atoms with Crippen molar-refractivity contribution in [1.82, 2.24) is 0 Å². The topological polar surface area (TPSA) is 0 Å². The van der Waals surface area contributed by atoms with E-state index in [9.17, 15) is 0 Å². The summed E-state index contributed by atoms with van der Waals surface area (Å²) in [6, 6.07) is 4.75. The van der Waals surface area contributed by atoms with Crippen molar-refractivity contribution >= 4 is 65.7 Å². The molecule has 0 saturated carbocycles. The predicted molar refractivity (Wildman–Crippen MR) is 100 cm³/mol. The Bertz CT molecular complexity index is 685. The van der Waals surface area contributed by atoms with Gasteiger partial charge in [-0.15, -0.1) is 34.0 Å². The van der Waals surface area contributed by atoms with Gasteiger partial charge in [0.1, 0.15) is 0 Å². The second-order valence-electron chi connectivity index (χ2n) is 4.84. The fraction of sp³-hybridized carbons (Fsp3) is 0.200. The highest BCUT2D eigenvalue weighted by molar-refractivity contribution is 8.29. The molecule has 0 nitrogen and oxygen atoms in total. The molecule has 0 aliphatic rings. The summed E-state index contributed by atoms with van der Waals surface area (Å²) in [5.74, 6) is 0. The zero-order valence-electron chi connectivity index (χ0n) is 11.5. The van der Waals surface area contributed by atoms with Crippen molar-refractivity contribution in [2.75, 3.05) is 0 Å². The molecule has 0 saturated heterocycles. The van der Waals surface area contributed by atoms with Crippen molar-refractivity contribution in [3.63, 3.8) is 0 Å². The molecule has 3 rings (SSSR count). The SMILES string of the molecule is Cc1ccsc1P(=S)(c1sccc1C)c1sccc1C. The van der Waals surface area contributed by atoms with Crippen LogP contribution >= 0.6 is 40.0 Å². The summed E-state index contributed by atoms with van der Waals surface area (Å²) >= 11 is 11.9. The minimum atomic E-state index is -1.86. The smallest absolute Gasteiger partial charge is 0.0673 e. The largest absolute Gasteiger partial charge is 0.142 e. The van der Waals surface area contributed by atoms with Crippen LogP contribution in [0.2, 0.25) is 0 Å². The summed E-state index contributed by atoms with van der Waals surface area (Å²) in [5, 5.41) is 6.53. The highest BCUT2D eigenvalue weighted by Crippen LogP contribution is 2.49. The fourth-order valence-corrected chi connectivity index (χ4v) is 13.5. The van der Waals surface area contributed by atoms with Gasteiger partial charge in [0.2, 0.25) is 0 Å². The second-order valence-corrected chi connectivity index (χ2v) is 12.7. The second kappa shape index (κ2) is 5.51. The third-order valence-corrected chi connectivity index (χ3v) is 14.7. The Morgan fingerprint density at radius 1 is 0.700 bits per heavy atom. The van der Waals surface area contributed by atoms with E-state index in [4.69, 9.17) is 11.8 Å². The Hall–Kier alpha value is -0.250. The Morgan fingerprint density at radius 2 is 1.00 bits per heavy atom. The van der Waals surface area contributed by atoms with E-state index >= 15 is 0 Å². The standard InChI is InChI=1S/C15H15PS4/c1-10-4-7-18-13(10)16(17,14-11(2)5-8-19-14)15-12(3)6-9-20-15/h4-9H,1-3H3. The van der Waals surface area contributed by atoms with Crippen molar-refractivity contribution in [2.45, 2.75) is 20.8 Å². The van der Waals surface area contributed by atoms with E-state index in [-0.39, 0.29) is 0 Å². The highest BCUT2D eigenvalue weighted by Gasteiger charge is 2.32. The van der Waals surface area contributed by atoms with Crippen molar-refractivity contribution in [1.29, 1.82) is 0 Å². The van der Waals surface area contributed by atoms with E-state index in [0.717, 1.165) is 0 Å². The van der Waals surface area contributed by atoms with Crippen molar-refractivity contribution in [3.8, 4) is 0 Å². The summed E-state index contributed by atoms with van der Waals surface area (Å²) in [6.07, 6.45) is 0. The highest BCUT2D eigenvalue weighted by atomic mass is 32.4. The number of rotatable bonds is 3. The van der Waals surface area contributed by atoms with E-state index in [2.05, 4.69) is 55.1 Å². The molecular formula is C15H15PS4. The Labute approximate surface area is 137 Å². The zero-order chi connectivity index (χ0) is 14.3. The minimum absolute atomic E-state index is 1.35. The van der Waals surface area contributed by atoms with Gasteiger partial charge in [-0.2, -0.15) is 0 Å². The molecule has 5 heteroatoms. The summed E-state index contributed by atoms with van der Waals surface area (Å²) in [7, 11) is 0. The van der Waals surface area contributed by atoms with E-state index in [1.807, 2.05) is 34.0 Å². The van der Waals surface area contributed by atoms with Gasteiger partial charge in [0.05, 0.1) is 19.9 Å². The van der Waals surface area contributed by atoms with Gasteiger partial charge in [-0.25, -0.2) is 0 Å². The number of hydrogen-bond acceptors (Lipinski definition) is 4. The van der Waals surface area contributed by atoms with Gasteiger partial charge in [-0.1, -0.05) is 11.8 Å². The first kappa shape index (κ1) is 14.7. The summed E-state index contributed by atoms with van der Waals surface area (Å²) < 4.78 is 4.22. The number of thiophene rings is 3. The maximum atomic E-state index is 6.37. The van der Waals surface area contributed by atoms with Crippen LogP contribution in [0.3, 0.4) is 0 Å². The summed E-state index contributed by atoms with van der Waals surface area (Å²) in [6.45, 7) is 6.58. The number of hydrogen-bond donors (Lipinski definition) is 0. The van der Waals surface area contributed by atoms with E-state index in [0.29, 0.717) is 0 Å². The molecule has 0 bridgehead atoms. The van der Waals surface area contributed by atoms with Crippen LogP contribution in [-0.4, -0.2) is 0 Å². The van der Waals surface area contributed by atoms with Crippen LogP contribution in [-0.2, 0) is 11.8 Å². The molecule has 0 unspecified atom stereocenters. The first-order valence-corrected chi connectivity index (χ1v) is 11.7. The van der Waals surface area contributed by atoms with Crippen LogP contribution in [0.4, 0.5) is 0 Å². The van der Waals surface area contributed by atoms with Crippen LogP contribution in [0.15, 0.2) is 34.3 Å². The molecular weight excluding hydrogens is 339 g/mol. The van der Waals surface area contributed by atoms with Gasteiger partial charge < -0.3 is 0 Å². The van der Waals surface area contributed by atoms with Gasteiger partial charge >= 0.3 is 0 Å². The van der Waals surface area contributed by atoms with E-state index in [1.165, 1.54) is 30.5 Å². The molecule has 104 valence electrons. The Morgan fingerprint density at radius 3 is 1.20 bits per heavy atom. The van der Waals surface area contributed by atoms with Gasteiger partial charge in [0.25, 0.3) is 0 Å². The van der Waals surface area contributed by atoms with Crippen molar-refractivity contribution in [3.05, 3.63) is 51.0 Å². The molecule has 3 aromatic heterocycles. The van der Waals surface area contributed by atoms with Gasteiger partial charge in [0, 0.05) is 0 Å². The lowest BCUT2D eigenvalue weighted by Gasteiger charge is -2.22. The fourth-order valence-electron chi connectivity index (χ4n) is 2.34. The molecule has 0 fully saturated rings. The Balaban J connectivity index is 2.36. The number of aryl methyl sites for hydroxylation is 3. The predicted octanol–water partition coefficient (Wildman–Crippen LogP) is 4.55. The third-order valence-electron chi connectivity index (χ3n) is 3.36. The van der Waals surface area contributed by atoms with Crippen molar-refractivity contribution < 1.29 is 0 Å². The summed E-state index contributed by atoms with van der Waals surface area (Å²) in [5.41, 5.74) is 4.04. The van der Waals surface area contributed by atoms with E-state index < -0.39 is 6.04 Å². The first-order valence-electron chi connectivity index (χ1n) is 6.29. The normalized spacial score (nSPS) is 11.9. The quantitative estimate of drug-likeness (QED) is 0.622. The minimum Gasteiger partial charge on any atom is -0.142 e. The van der Waals surface area contributed by atoms with Crippen molar-refractivity contribution in [2.24, 2.45) is 0 Å². The third kappa shape index (κ3) is 2.18. The maximum absolute atomic E-state index is 6.37. The monoisotopic (exact) mass is 354 g/mol. The van der Waals surface area contributed by atoms with Crippen LogP contribution < -0.4 is 13.9 Å². The molecule has 0 aromatic carbocycles. The van der Waals surface area contributed by atoms with Gasteiger partial charge in [0.15, 0.2) is 0 Å². The zero-order valence-corrected chi connectivity index (χ0v) is 15.7. The molecule has 20 heavy (non-hydrogen) atoms. The summed E-state index contributed by atoms with van der Waals surface area (Å²) in [4.78, 5) is 0. The van der Waals surface area contributed by atoms with Crippen LogP contribution in [0.1, 0.15) is 16.7 Å². The average Bonchev–Trinajstić information content (AvgIpc) is 3.10. The molecule has 0 aliphatic heterocycles. The first-order chi connectivity index (χ1) is 9.55. The lowest BCUT2D eigenvalue weighted by atomic mass is 10.4. The Kier molecular flexibility index (Phi) is 4.04. The molecule has 0 N–H and O–H groups in total. The lowest BCUT2D eigenvalue weighted by Crippen LogP contribution is -2.23. The van der Waals surface area contributed by atoms with Crippen LogP contribution in [0.5, 0.6) is 0 Å². The van der Waals surface area contributed by atoms with E-state index in [1.54, 1.807) is 0 Å². The van der Waals surface area contributed by atoms with Gasteiger partial charge in [-0.05, 0) is 71.8 Å².